The molecule has 1 nitrogen and oxygen atoms in total. The van der Waals surface area contributed by atoms with Crippen molar-refractivity contribution in [3.05, 3.63) is 21.9 Å². The lowest BCUT2D eigenvalue weighted by atomic mass is 10.4. The van der Waals surface area contributed by atoms with Crippen molar-refractivity contribution in [1.29, 1.82) is 0 Å². The molecule has 0 radical (unpaired) electrons. The second-order valence-corrected chi connectivity index (χ2v) is 6.73. The molecule has 1 aliphatic carbocycles. The third-order valence-corrected chi connectivity index (χ3v) is 4.77. The highest BCUT2D eigenvalue weighted by atomic mass is 32.2. The molecule has 1 saturated carbocycles. The molecule has 0 amide bonds. The second kappa shape index (κ2) is 5.92. The quantitative estimate of drug-likeness (QED) is 0.735. The van der Waals surface area contributed by atoms with Crippen LogP contribution in [0, 0.1) is 12.8 Å². The van der Waals surface area contributed by atoms with Gasteiger partial charge in [-0.2, -0.15) is 11.8 Å². The van der Waals surface area contributed by atoms with Crippen LogP contribution in [0.15, 0.2) is 12.1 Å². The zero-order valence-electron chi connectivity index (χ0n) is 9.29. The van der Waals surface area contributed by atoms with Crippen LogP contribution in [-0.2, 0) is 6.54 Å². The number of thiophene rings is 1. The molecule has 15 heavy (non-hydrogen) atoms. The van der Waals surface area contributed by atoms with Crippen molar-refractivity contribution in [2.75, 3.05) is 18.1 Å². The fourth-order valence-corrected chi connectivity index (χ4v) is 3.45. The molecule has 0 atom stereocenters. The lowest BCUT2D eigenvalue weighted by Gasteiger charge is -2.02. The lowest BCUT2D eigenvalue weighted by molar-refractivity contribution is 0.740. The predicted octanol–water partition coefficient (Wildman–Crippen LogP) is 3.29. The smallest absolute Gasteiger partial charge is 0.0300 e. The monoisotopic (exact) mass is 241 g/mol. The van der Waals surface area contributed by atoms with Gasteiger partial charge in [-0.15, -0.1) is 11.3 Å². The van der Waals surface area contributed by atoms with Crippen LogP contribution in [0.3, 0.4) is 0 Å². The molecule has 1 N–H and O–H groups in total. The molecule has 1 aromatic heterocycles. The number of thioether (sulfide) groups is 1. The minimum absolute atomic E-state index is 1.04. The Labute approximate surface area is 101 Å². The Balaban J connectivity index is 1.47. The average Bonchev–Trinajstić information content (AvgIpc) is 2.95. The summed E-state index contributed by atoms with van der Waals surface area (Å²) in [4.78, 5) is 2.87. The normalized spacial score (nSPS) is 15.8. The maximum atomic E-state index is 3.50. The van der Waals surface area contributed by atoms with E-state index in [9.17, 15) is 0 Å². The van der Waals surface area contributed by atoms with Crippen LogP contribution in [0.1, 0.15) is 22.6 Å². The van der Waals surface area contributed by atoms with Crippen molar-refractivity contribution >= 4 is 23.1 Å². The fraction of sp³-hybridized carbons (Fsp3) is 0.667. The van der Waals surface area contributed by atoms with E-state index in [1.165, 1.54) is 34.1 Å². The van der Waals surface area contributed by atoms with E-state index in [1.54, 1.807) is 0 Å². The summed E-state index contributed by atoms with van der Waals surface area (Å²) in [5.41, 5.74) is 0. The molecule has 0 unspecified atom stereocenters. The van der Waals surface area contributed by atoms with Crippen LogP contribution >= 0.6 is 23.1 Å². The van der Waals surface area contributed by atoms with Gasteiger partial charge in [0.25, 0.3) is 0 Å². The fourth-order valence-electron chi connectivity index (χ4n) is 1.47. The van der Waals surface area contributed by atoms with Crippen LogP contribution in [-0.4, -0.2) is 18.1 Å². The van der Waals surface area contributed by atoms with Crippen molar-refractivity contribution in [3.8, 4) is 0 Å². The third kappa shape index (κ3) is 4.58. The zero-order valence-corrected chi connectivity index (χ0v) is 10.9. The van der Waals surface area contributed by atoms with Crippen molar-refractivity contribution < 1.29 is 0 Å². The number of nitrogens with one attached hydrogen (secondary N) is 1. The Kier molecular flexibility index (Phi) is 4.54. The average molecular weight is 241 g/mol. The molecule has 0 aromatic carbocycles. The van der Waals surface area contributed by atoms with Gasteiger partial charge in [0.15, 0.2) is 0 Å². The molecular weight excluding hydrogens is 222 g/mol. The summed E-state index contributed by atoms with van der Waals surface area (Å²) in [5.74, 6) is 3.72. The van der Waals surface area contributed by atoms with Gasteiger partial charge in [0.05, 0.1) is 0 Å². The molecule has 0 saturated heterocycles. The van der Waals surface area contributed by atoms with E-state index in [-0.39, 0.29) is 0 Å². The van der Waals surface area contributed by atoms with Gasteiger partial charge < -0.3 is 5.32 Å². The summed E-state index contributed by atoms with van der Waals surface area (Å²) >= 11 is 4.00. The lowest BCUT2D eigenvalue weighted by Crippen LogP contribution is -2.16. The molecular formula is C12H19NS2. The minimum Gasteiger partial charge on any atom is -0.311 e. The third-order valence-electron chi connectivity index (χ3n) is 2.57. The summed E-state index contributed by atoms with van der Waals surface area (Å²) in [5, 5.41) is 3.50. The molecule has 0 aliphatic heterocycles. The summed E-state index contributed by atoms with van der Waals surface area (Å²) in [7, 11) is 0. The van der Waals surface area contributed by atoms with Crippen LogP contribution in [0.5, 0.6) is 0 Å². The van der Waals surface area contributed by atoms with Gasteiger partial charge in [-0.1, -0.05) is 0 Å². The number of hydrogen-bond donors (Lipinski definition) is 1. The minimum atomic E-state index is 1.04. The SMILES string of the molecule is Cc1ccc(CNCCSCC2CC2)s1. The molecule has 0 bridgehead atoms. The van der Waals surface area contributed by atoms with Crippen LogP contribution in [0.25, 0.3) is 0 Å². The molecule has 1 heterocycles. The van der Waals surface area contributed by atoms with E-state index in [0.29, 0.717) is 0 Å². The van der Waals surface area contributed by atoms with Gasteiger partial charge in [0.2, 0.25) is 0 Å². The molecule has 0 spiro atoms. The van der Waals surface area contributed by atoms with Crippen LogP contribution in [0.2, 0.25) is 0 Å². The summed E-state index contributed by atoms with van der Waals surface area (Å²) in [6, 6.07) is 4.42. The van der Waals surface area contributed by atoms with Crippen LogP contribution < -0.4 is 5.32 Å². The van der Waals surface area contributed by atoms with E-state index in [0.717, 1.165) is 19.0 Å². The molecule has 1 aliphatic rings. The van der Waals surface area contributed by atoms with E-state index < -0.39 is 0 Å². The topological polar surface area (TPSA) is 12.0 Å². The van der Waals surface area contributed by atoms with Gasteiger partial charge in [0, 0.05) is 28.6 Å². The summed E-state index contributed by atoms with van der Waals surface area (Å²) in [6.07, 6.45) is 2.96. The largest absolute Gasteiger partial charge is 0.311 e. The van der Waals surface area contributed by atoms with Gasteiger partial charge in [-0.3, -0.25) is 0 Å². The van der Waals surface area contributed by atoms with Crippen molar-refractivity contribution in [2.45, 2.75) is 26.3 Å². The number of aryl methyl sites for hydroxylation is 1. The van der Waals surface area contributed by atoms with E-state index >= 15 is 0 Å². The molecule has 1 fully saturated rings. The summed E-state index contributed by atoms with van der Waals surface area (Å²) < 4.78 is 0. The summed E-state index contributed by atoms with van der Waals surface area (Å²) in [6.45, 7) is 4.36. The van der Waals surface area contributed by atoms with Crippen molar-refractivity contribution in [3.63, 3.8) is 0 Å². The highest BCUT2D eigenvalue weighted by Gasteiger charge is 2.20. The predicted molar refractivity (Wildman–Crippen MR) is 70.8 cm³/mol. The Morgan fingerprint density at radius 3 is 3.00 bits per heavy atom. The van der Waals surface area contributed by atoms with Gasteiger partial charge in [-0.05, 0) is 43.6 Å². The maximum absolute atomic E-state index is 3.50. The highest BCUT2D eigenvalue weighted by molar-refractivity contribution is 7.99. The molecule has 84 valence electrons. The van der Waals surface area contributed by atoms with E-state index in [1.807, 2.05) is 11.3 Å². The van der Waals surface area contributed by atoms with Crippen molar-refractivity contribution in [1.82, 2.24) is 5.32 Å². The Hall–Kier alpha value is 0.01000. The second-order valence-electron chi connectivity index (χ2n) is 4.21. The first-order valence-corrected chi connectivity index (χ1v) is 7.65. The first kappa shape index (κ1) is 11.5. The number of hydrogen-bond acceptors (Lipinski definition) is 3. The molecule has 3 heteroatoms. The van der Waals surface area contributed by atoms with Gasteiger partial charge >= 0.3 is 0 Å². The first-order valence-electron chi connectivity index (χ1n) is 5.68. The first-order chi connectivity index (χ1) is 7.34. The van der Waals surface area contributed by atoms with Crippen LogP contribution in [0.4, 0.5) is 0 Å². The maximum Gasteiger partial charge on any atom is 0.0300 e. The molecule has 1 aromatic rings. The standard InChI is InChI=1S/C12H19NS2/c1-10-2-5-12(15-10)8-13-6-7-14-9-11-3-4-11/h2,5,11,13H,3-4,6-9H2,1H3. The van der Waals surface area contributed by atoms with Gasteiger partial charge in [-0.25, -0.2) is 0 Å². The van der Waals surface area contributed by atoms with Crippen molar-refractivity contribution in [2.24, 2.45) is 5.92 Å². The Morgan fingerprint density at radius 2 is 2.33 bits per heavy atom. The Morgan fingerprint density at radius 1 is 1.47 bits per heavy atom. The van der Waals surface area contributed by atoms with E-state index in [4.69, 9.17) is 0 Å². The van der Waals surface area contributed by atoms with Gasteiger partial charge in [0.1, 0.15) is 0 Å². The Bertz CT molecular complexity index is 292. The highest BCUT2D eigenvalue weighted by Crippen LogP contribution is 2.32. The molecule has 2 rings (SSSR count). The number of rotatable bonds is 7. The van der Waals surface area contributed by atoms with E-state index in [2.05, 4.69) is 36.1 Å². The zero-order chi connectivity index (χ0) is 10.5.